The van der Waals surface area contributed by atoms with Crippen molar-refractivity contribution in [2.75, 3.05) is 44.2 Å². The number of benzene rings is 1. The van der Waals surface area contributed by atoms with E-state index in [0.29, 0.717) is 29.4 Å². The van der Waals surface area contributed by atoms with Crippen molar-refractivity contribution in [2.45, 2.75) is 33.1 Å². The van der Waals surface area contributed by atoms with E-state index in [1.807, 2.05) is 26.0 Å². The van der Waals surface area contributed by atoms with Gasteiger partial charge in [-0.2, -0.15) is 0 Å². The van der Waals surface area contributed by atoms with Gasteiger partial charge < -0.3 is 4.90 Å². The molecule has 1 aromatic rings. The number of carbonyl (C=O) groups excluding carboxylic acids is 2. The van der Waals surface area contributed by atoms with Crippen LogP contribution in [0, 0.1) is 5.41 Å². The van der Waals surface area contributed by atoms with Gasteiger partial charge in [0.25, 0.3) is 0 Å². The number of amides is 2. The van der Waals surface area contributed by atoms with Crippen LogP contribution in [0.2, 0.25) is 10.0 Å². The van der Waals surface area contributed by atoms with Crippen LogP contribution in [0.25, 0.3) is 0 Å². The van der Waals surface area contributed by atoms with Gasteiger partial charge in [0.1, 0.15) is 0 Å². The number of piperidine rings is 1. The summed E-state index contributed by atoms with van der Waals surface area (Å²) in [5, 5.41) is 1.38. The minimum atomic E-state index is -0.174. The highest BCUT2D eigenvalue weighted by Gasteiger charge is 2.39. The van der Waals surface area contributed by atoms with Crippen LogP contribution in [0.15, 0.2) is 18.2 Å². The highest BCUT2D eigenvalue weighted by molar-refractivity contribution is 6.35. The fraction of sp³-hybridized carbons (Fsp3) is 0.600. The molecule has 2 amide bonds. The SMILES string of the molecule is CCC1(C)CC(=O)N(CCN2CCN(c3cc(Cl)ccc3Cl)CC2)C(=O)C1. The van der Waals surface area contributed by atoms with Crippen LogP contribution >= 0.6 is 23.2 Å². The first-order valence-electron chi connectivity index (χ1n) is 9.57. The minimum Gasteiger partial charge on any atom is -0.368 e. The zero-order valence-electron chi connectivity index (χ0n) is 16.0. The standard InChI is InChI=1S/C20H27Cl2N3O2/c1-3-20(2)13-18(26)25(19(27)14-20)11-8-23-6-9-24(10-7-23)17-12-15(21)4-5-16(17)22/h4-5,12H,3,6-11,13-14H2,1-2H3. The Balaban J connectivity index is 1.51. The lowest BCUT2D eigenvalue weighted by Gasteiger charge is -2.39. The lowest BCUT2D eigenvalue weighted by atomic mass is 9.77. The van der Waals surface area contributed by atoms with Crippen LogP contribution in [0.4, 0.5) is 5.69 Å². The number of hydrogen-bond donors (Lipinski definition) is 0. The Morgan fingerprint density at radius 1 is 1.00 bits per heavy atom. The van der Waals surface area contributed by atoms with Crippen LogP contribution < -0.4 is 4.90 Å². The van der Waals surface area contributed by atoms with Gasteiger partial charge in [0, 0.05) is 57.1 Å². The molecule has 27 heavy (non-hydrogen) atoms. The fourth-order valence-electron chi connectivity index (χ4n) is 3.80. The lowest BCUT2D eigenvalue weighted by Crippen LogP contribution is -2.52. The zero-order valence-corrected chi connectivity index (χ0v) is 17.5. The van der Waals surface area contributed by atoms with Gasteiger partial charge in [0.15, 0.2) is 0 Å². The smallest absolute Gasteiger partial charge is 0.229 e. The topological polar surface area (TPSA) is 43.9 Å². The Kier molecular flexibility index (Phi) is 6.34. The second kappa shape index (κ2) is 8.38. The van der Waals surface area contributed by atoms with Gasteiger partial charge in [-0.15, -0.1) is 0 Å². The summed E-state index contributed by atoms with van der Waals surface area (Å²) in [5.74, 6) is -0.0557. The lowest BCUT2D eigenvalue weighted by molar-refractivity contribution is -0.153. The molecule has 0 bridgehead atoms. The molecule has 0 spiro atoms. The number of piperazine rings is 1. The molecule has 3 rings (SSSR count). The van der Waals surface area contributed by atoms with E-state index in [9.17, 15) is 9.59 Å². The molecule has 0 unspecified atom stereocenters. The van der Waals surface area contributed by atoms with E-state index < -0.39 is 0 Å². The monoisotopic (exact) mass is 411 g/mol. The van der Waals surface area contributed by atoms with E-state index in [4.69, 9.17) is 23.2 Å². The Labute approximate surface area is 171 Å². The summed E-state index contributed by atoms with van der Waals surface area (Å²) >= 11 is 12.4. The van der Waals surface area contributed by atoms with Crippen LogP contribution in [-0.2, 0) is 9.59 Å². The average molecular weight is 412 g/mol. The predicted octanol–water partition coefficient (Wildman–Crippen LogP) is 3.68. The first-order chi connectivity index (χ1) is 12.8. The van der Waals surface area contributed by atoms with Gasteiger partial charge in [-0.05, 0) is 30.0 Å². The fourth-order valence-corrected chi connectivity index (χ4v) is 4.21. The third-order valence-electron chi connectivity index (χ3n) is 5.87. The molecule has 1 aromatic carbocycles. The molecule has 7 heteroatoms. The maximum atomic E-state index is 12.4. The second-order valence-corrected chi connectivity index (χ2v) is 8.72. The normalized spacial score (nSPS) is 21.0. The highest BCUT2D eigenvalue weighted by Crippen LogP contribution is 2.35. The Morgan fingerprint density at radius 2 is 1.63 bits per heavy atom. The van der Waals surface area contributed by atoms with E-state index in [-0.39, 0.29) is 17.2 Å². The molecule has 2 fully saturated rings. The molecule has 0 aliphatic carbocycles. The predicted molar refractivity (Wildman–Crippen MR) is 109 cm³/mol. The van der Waals surface area contributed by atoms with E-state index >= 15 is 0 Å². The number of hydrogen-bond acceptors (Lipinski definition) is 4. The van der Waals surface area contributed by atoms with Crippen molar-refractivity contribution in [3.63, 3.8) is 0 Å². The third-order valence-corrected chi connectivity index (χ3v) is 6.43. The van der Waals surface area contributed by atoms with Crippen molar-refractivity contribution in [1.82, 2.24) is 9.80 Å². The quantitative estimate of drug-likeness (QED) is 0.693. The molecule has 0 saturated carbocycles. The van der Waals surface area contributed by atoms with Crippen molar-refractivity contribution >= 4 is 40.7 Å². The van der Waals surface area contributed by atoms with Gasteiger partial charge >= 0.3 is 0 Å². The van der Waals surface area contributed by atoms with E-state index in [1.165, 1.54) is 4.90 Å². The Bertz CT molecular complexity index is 699. The number of nitrogens with zero attached hydrogens (tertiary/aromatic N) is 3. The van der Waals surface area contributed by atoms with Gasteiger partial charge in [0.05, 0.1) is 10.7 Å². The van der Waals surface area contributed by atoms with E-state index in [2.05, 4.69) is 9.80 Å². The molecule has 148 valence electrons. The molecule has 0 radical (unpaired) electrons. The molecule has 5 nitrogen and oxygen atoms in total. The molecule has 2 heterocycles. The summed E-state index contributed by atoms with van der Waals surface area (Å²) in [6.45, 7) is 8.69. The first kappa shape index (κ1) is 20.4. The number of carbonyl (C=O) groups is 2. The second-order valence-electron chi connectivity index (χ2n) is 7.88. The van der Waals surface area contributed by atoms with Gasteiger partial charge in [-0.25, -0.2) is 0 Å². The van der Waals surface area contributed by atoms with Crippen LogP contribution in [0.1, 0.15) is 33.1 Å². The third kappa shape index (κ3) is 4.76. The number of likely N-dealkylation sites (tertiary alicyclic amines) is 1. The zero-order chi connectivity index (χ0) is 19.6. The molecule has 2 aliphatic rings. The van der Waals surface area contributed by atoms with Crippen molar-refractivity contribution < 1.29 is 9.59 Å². The maximum absolute atomic E-state index is 12.4. The van der Waals surface area contributed by atoms with Crippen LogP contribution in [0.5, 0.6) is 0 Å². The molecular formula is C20H27Cl2N3O2. The largest absolute Gasteiger partial charge is 0.368 e. The van der Waals surface area contributed by atoms with Crippen molar-refractivity contribution in [2.24, 2.45) is 5.41 Å². The molecular weight excluding hydrogens is 385 g/mol. The summed E-state index contributed by atoms with van der Waals surface area (Å²) in [7, 11) is 0. The van der Waals surface area contributed by atoms with Gasteiger partial charge in [0.2, 0.25) is 11.8 Å². The summed E-state index contributed by atoms with van der Waals surface area (Å²) in [6, 6.07) is 5.51. The van der Waals surface area contributed by atoms with Crippen molar-refractivity contribution in [1.29, 1.82) is 0 Å². The number of imide groups is 1. The van der Waals surface area contributed by atoms with Gasteiger partial charge in [-0.1, -0.05) is 37.0 Å². The highest BCUT2D eigenvalue weighted by atomic mass is 35.5. The van der Waals surface area contributed by atoms with E-state index in [0.717, 1.165) is 44.8 Å². The molecule has 0 atom stereocenters. The van der Waals surface area contributed by atoms with Crippen LogP contribution in [-0.4, -0.2) is 60.9 Å². The number of rotatable bonds is 5. The minimum absolute atomic E-state index is 0.0278. The first-order valence-corrected chi connectivity index (χ1v) is 10.3. The molecule has 2 aliphatic heterocycles. The van der Waals surface area contributed by atoms with Crippen molar-refractivity contribution in [3.05, 3.63) is 28.2 Å². The molecule has 0 N–H and O–H groups in total. The maximum Gasteiger partial charge on any atom is 0.229 e. The Hall–Kier alpha value is -1.30. The van der Waals surface area contributed by atoms with E-state index in [1.54, 1.807) is 6.07 Å². The van der Waals surface area contributed by atoms with Crippen LogP contribution in [0.3, 0.4) is 0 Å². The Morgan fingerprint density at radius 3 is 2.22 bits per heavy atom. The molecule has 2 saturated heterocycles. The van der Waals surface area contributed by atoms with Gasteiger partial charge in [-0.3, -0.25) is 19.4 Å². The number of anilines is 1. The average Bonchev–Trinajstić information content (AvgIpc) is 2.63. The van der Waals surface area contributed by atoms with Crippen molar-refractivity contribution in [3.8, 4) is 0 Å². The summed E-state index contributed by atoms with van der Waals surface area (Å²) in [5.41, 5.74) is 0.788. The summed E-state index contributed by atoms with van der Waals surface area (Å²) < 4.78 is 0. The summed E-state index contributed by atoms with van der Waals surface area (Å²) in [6.07, 6.45) is 1.79. The number of halogens is 2. The summed E-state index contributed by atoms with van der Waals surface area (Å²) in [4.78, 5) is 30.8. The molecule has 0 aromatic heterocycles.